The van der Waals surface area contributed by atoms with Crippen LogP contribution in [0.2, 0.25) is 0 Å². The Morgan fingerprint density at radius 3 is 2.35 bits per heavy atom. The molecule has 0 saturated heterocycles. The number of hydrogen-bond donors (Lipinski definition) is 2. The lowest BCUT2D eigenvalue weighted by Gasteiger charge is -2.30. The standard InChI is InChI=1S/C21H26F3N5O2/c1-21(2,3)17(20(31)25-4)27-19(30)16-15-10-28(5)6-7-29(15)18(26-16)11-8-13(23)14(24)9-12(11)22/h8-9,17H,6-7,10H2,1-5H3,(H,25,31)(H,27,30). The third-order valence-corrected chi connectivity index (χ3v) is 5.31. The molecule has 0 fully saturated rings. The minimum atomic E-state index is -1.30. The van der Waals surface area contributed by atoms with Gasteiger partial charge in [-0.25, -0.2) is 18.2 Å². The molecule has 2 amide bonds. The maximum Gasteiger partial charge on any atom is 0.272 e. The van der Waals surface area contributed by atoms with Crippen molar-refractivity contribution in [3.63, 3.8) is 0 Å². The molecule has 2 N–H and O–H groups in total. The molecule has 0 bridgehead atoms. The second-order valence-corrected chi connectivity index (χ2v) is 8.75. The van der Waals surface area contributed by atoms with E-state index in [-0.39, 0.29) is 23.0 Å². The predicted octanol–water partition coefficient (Wildman–Crippen LogP) is 2.30. The smallest absolute Gasteiger partial charge is 0.272 e. The zero-order valence-corrected chi connectivity index (χ0v) is 18.1. The molecule has 1 aromatic carbocycles. The number of nitrogens with one attached hydrogen (secondary N) is 2. The van der Waals surface area contributed by atoms with Crippen LogP contribution in [0.15, 0.2) is 12.1 Å². The van der Waals surface area contributed by atoms with Crippen molar-refractivity contribution in [2.45, 2.75) is 39.9 Å². The van der Waals surface area contributed by atoms with E-state index in [0.717, 1.165) is 6.07 Å². The zero-order chi connectivity index (χ0) is 23.1. The number of benzene rings is 1. The molecule has 1 atom stereocenters. The average molecular weight is 437 g/mol. The highest BCUT2D eigenvalue weighted by Crippen LogP contribution is 2.30. The number of hydrogen-bond acceptors (Lipinski definition) is 4. The van der Waals surface area contributed by atoms with Gasteiger partial charge in [-0.2, -0.15) is 0 Å². The van der Waals surface area contributed by atoms with Gasteiger partial charge in [0.1, 0.15) is 17.7 Å². The van der Waals surface area contributed by atoms with E-state index < -0.39 is 34.8 Å². The van der Waals surface area contributed by atoms with Crippen LogP contribution in [0.5, 0.6) is 0 Å². The fraction of sp³-hybridized carbons (Fsp3) is 0.476. The normalized spacial score (nSPS) is 15.4. The van der Waals surface area contributed by atoms with Gasteiger partial charge in [0.05, 0.1) is 11.3 Å². The molecular formula is C21H26F3N5O2. The Morgan fingerprint density at radius 2 is 1.74 bits per heavy atom. The summed E-state index contributed by atoms with van der Waals surface area (Å²) in [6.07, 6.45) is 0. The van der Waals surface area contributed by atoms with Crippen molar-refractivity contribution >= 4 is 11.8 Å². The average Bonchev–Trinajstić information content (AvgIpc) is 3.05. The first-order valence-corrected chi connectivity index (χ1v) is 9.89. The van der Waals surface area contributed by atoms with Crippen molar-refractivity contribution in [3.8, 4) is 11.4 Å². The van der Waals surface area contributed by atoms with Crippen LogP contribution in [0.1, 0.15) is 37.0 Å². The first-order chi connectivity index (χ1) is 14.4. The largest absolute Gasteiger partial charge is 0.357 e. The Hall–Kier alpha value is -2.88. The van der Waals surface area contributed by atoms with Gasteiger partial charge in [-0.15, -0.1) is 0 Å². The van der Waals surface area contributed by atoms with E-state index in [4.69, 9.17) is 0 Å². The first kappa shape index (κ1) is 22.8. The maximum absolute atomic E-state index is 14.5. The number of likely N-dealkylation sites (N-methyl/N-ethyl adjacent to an activating group) is 2. The summed E-state index contributed by atoms with van der Waals surface area (Å²) in [6.45, 7) is 6.77. The summed E-state index contributed by atoms with van der Waals surface area (Å²) < 4.78 is 43.3. The summed E-state index contributed by atoms with van der Waals surface area (Å²) in [6, 6.07) is 0.359. The second kappa shape index (κ2) is 8.33. The van der Waals surface area contributed by atoms with Crippen LogP contribution in [0.25, 0.3) is 11.4 Å². The number of amides is 2. The minimum Gasteiger partial charge on any atom is -0.357 e. The minimum absolute atomic E-state index is 0.0174. The topological polar surface area (TPSA) is 79.3 Å². The Morgan fingerprint density at radius 1 is 1.10 bits per heavy atom. The van der Waals surface area contributed by atoms with Crippen LogP contribution >= 0.6 is 0 Å². The summed E-state index contributed by atoms with van der Waals surface area (Å²) in [5, 5.41) is 5.25. The molecule has 0 aliphatic carbocycles. The molecular weight excluding hydrogens is 411 g/mol. The number of rotatable bonds is 4. The van der Waals surface area contributed by atoms with Gasteiger partial charge >= 0.3 is 0 Å². The van der Waals surface area contributed by atoms with Crippen molar-refractivity contribution in [1.82, 2.24) is 25.1 Å². The van der Waals surface area contributed by atoms with Crippen LogP contribution in [0.3, 0.4) is 0 Å². The summed E-state index contributed by atoms with van der Waals surface area (Å²) >= 11 is 0. The molecule has 3 rings (SSSR count). The summed E-state index contributed by atoms with van der Waals surface area (Å²) in [5.41, 5.74) is -0.289. The highest BCUT2D eigenvalue weighted by molar-refractivity contribution is 5.97. The van der Waals surface area contributed by atoms with Crippen molar-refractivity contribution in [2.75, 3.05) is 20.6 Å². The molecule has 1 aliphatic heterocycles. The zero-order valence-electron chi connectivity index (χ0n) is 18.1. The quantitative estimate of drug-likeness (QED) is 0.720. The monoisotopic (exact) mass is 437 g/mol. The lowest BCUT2D eigenvalue weighted by molar-refractivity contribution is -0.124. The molecule has 10 heteroatoms. The van der Waals surface area contributed by atoms with E-state index in [1.807, 2.05) is 32.7 Å². The van der Waals surface area contributed by atoms with Crippen LogP contribution in [-0.4, -0.2) is 52.9 Å². The molecule has 0 saturated carbocycles. The number of fused-ring (bicyclic) bond motifs is 1. The maximum atomic E-state index is 14.5. The molecule has 2 heterocycles. The van der Waals surface area contributed by atoms with E-state index in [9.17, 15) is 22.8 Å². The highest BCUT2D eigenvalue weighted by atomic mass is 19.2. The Labute approximate surface area is 178 Å². The van der Waals surface area contributed by atoms with Crippen molar-refractivity contribution < 1.29 is 22.8 Å². The van der Waals surface area contributed by atoms with Crippen LogP contribution in [-0.2, 0) is 17.9 Å². The van der Waals surface area contributed by atoms with Crippen LogP contribution < -0.4 is 10.6 Å². The van der Waals surface area contributed by atoms with Gasteiger partial charge in [-0.3, -0.25) is 14.5 Å². The van der Waals surface area contributed by atoms with E-state index in [2.05, 4.69) is 15.6 Å². The number of nitrogens with zero attached hydrogens (tertiary/aromatic N) is 3. The Bertz CT molecular complexity index is 1030. The van der Waals surface area contributed by atoms with E-state index in [0.29, 0.717) is 31.4 Å². The van der Waals surface area contributed by atoms with E-state index in [1.54, 1.807) is 4.57 Å². The molecule has 7 nitrogen and oxygen atoms in total. The van der Waals surface area contributed by atoms with Gasteiger partial charge in [0.25, 0.3) is 5.91 Å². The lowest BCUT2D eigenvalue weighted by Crippen LogP contribution is -2.53. The number of halogens is 3. The van der Waals surface area contributed by atoms with Gasteiger partial charge in [0, 0.05) is 32.7 Å². The fourth-order valence-corrected chi connectivity index (χ4v) is 3.59. The van der Waals surface area contributed by atoms with Gasteiger partial charge in [0.15, 0.2) is 17.3 Å². The van der Waals surface area contributed by atoms with Crippen molar-refractivity contribution in [1.29, 1.82) is 0 Å². The highest BCUT2D eigenvalue weighted by Gasteiger charge is 2.35. The van der Waals surface area contributed by atoms with Crippen molar-refractivity contribution in [2.24, 2.45) is 5.41 Å². The van der Waals surface area contributed by atoms with Crippen LogP contribution in [0.4, 0.5) is 13.2 Å². The molecule has 1 aliphatic rings. The molecule has 0 radical (unpaired) electrons. The molecule has 2 aromatic rings. The van der Waals surface area contributed by atoms with E-state index in [1.165, 1.54) is 7.05 Å². The SMILES string of the molecule is CNC(=O)C(NC(=O)c1nc(-c2cc(F)c(F)cc2F)n2c1CN(C)CC2)C(C)(C)C. The van der Waals surface area contributed by atoms with Gasteiger partial charge in [-0.1, -0.05) is 20.8 Å². The van der Waals surface area contributed by atoms with Gasteiger partial charge < -0.3 is 15.2 Å². The summed E-state index contributed by atoms with van der Waals surface area (Å²) in [5.74, 6) is -4.41. The van der Waals surface area contributed by atoms with Gasteiger partial charge in [0.2, 0.25) is 5.91 Å². The van der Waals surface area contributed by atoms with Crippen molar-refractivity contribution in [3.05, 3.63) is 41.0 Å². The fourth-order valence-electron chi connectivity index (χ4n) is 3.59. The summed E-state index contributed by atoms with van der Waals surface area (Å²) in [7, 11) is 3.34. The van der Waals surface area contributed by atoms with Gasteiger partial charge in [-0.05, 0) is 18.5 Å². The molecule has 1 unspecified atom stereocenters. The van der Waals surface area contributed by atoms with E-state index >= 15 is 0 Å². The Kier molecular flexibility index (Phi) is 6.13. The number of carbonyl (C=O) groups is 2. The predicted molar refractivity (Wildman–Crippen MR) is 109 cm³/mol. The van der Waals surface area contributed by atoms with Crippen LogP contribution in [0, 0.1) is 22.9 Å². The second-order valence-electron chi connectivity index (χ2n) is 8.75. The molecule has 168 valence electrons. The number of carbonyl (C=O) groups excluding carboxylic acids is 2. The number of aromatic nitrogens is 2. The third-order valence-electron chi connectivity index (χ3n) is 5.31. The first-order valence-electron chi connectivity index (χ1n) is 9.89. The summed E-state index contributed by atoms with van der Waals surface area (Å²) in [4.78, 5) is 31.7. The Balaban J connectivity index is 2.08. The third kappa shape index (κ3) is 4.43. The number of imidazole rings is 1. The molecule has 0 spiro atoms. The molecule has 1 aromatic heterocycles. The lowest BCUT2D eigenvalue weighted by atomic mass is 9.86. The molecule has 31 heavy (non-hydrogen) atoms.